The zero-order chi connectivity index (χ0) is 22.0. The molecule has 0 amide bonds. The minimum atomic E-state index is -1.48. The van der Waals surface area contributed by atoms with E-state index in [0.717, 1.165) is 11.0 Å². The molecule has 1 aromatic heterocycles. The molecule has 2 rings (SSSR count). The van der Waals surface area contributed by atoms with Crippen molar-refractivity contribution in [3.05, 3.63) is 23.2 Å². The SMILES string of the molecule is CCCCC(CCCC)(CCCC)[SiH](C)OCC(O)Cn1nc2ccc(Cl)cc2n1. The Kier molecular flexibility index (Phi) is 10.8. The van der Waals surface area contributed by atoms with E-state index in [0.29, 0.717) is 23.2 Å². The fourth-order valence-corrected chi connectivity index (χ4v) is 7.12. The summed E-state index contributed by atoms with van der Waals surface area (Å²) in [6.07, 6.45) is 10.7. The van der Waals surface area contributed by atoms with Gasteiger partial charge in [0.1, 0.15) is 11.0 Å². The third kappa shape index (κ3) is 7.33. The summed E-state index contributed by atoms with van der Waals surface area (Å²) in [4.78, 5) is 1.56. The van der Waals surface area contributed by atoms with Crippen molar-refractivity contribution < 1.29 is 9.53 Å². The van der Waals surface area contributed by atoms with Crippen molar-refractivity contribution in [3.63, 3.8) is 0 Å². The van der Waals surface area contributed by atoms with Crippen LogP contribution in [0.5, 0.6) is 0 Å². The zero-order valence-electron chi connectivity index (χ0n) is 19.2. The van der Waals surface area contributed by atoms with Crippen LogP contribution in [0.1, 0.15) is 78.6 Å². The van der Waals surface area contributed by atoms with E-state index in [1.165, 1.54) is 57.8 Å². The predicted octanol–water partition coefficient (Wildman–Crippen LogP) is 6.13. The molecule has 2 aromatic rings. The molecule has 5 nitrogen and oxygen atoms in total. The van der Waals surface area contributed by atoms with Gasteiger partial charge >= 0.3 is 0 Å². The maximum absolute atomic E-state index is 10.6. The van der Waals surface area contributed by atoms with Gasteiger partial charge in [0.2, 0.25) is 0 Å². The van der Waals surface area contributed by atoms with Crippen LogP contribution in [0.4, 0.5) is 0 Å². The summed E-state index contributed by atoms with van der Waals surface area (Å²) in [7, 11) is -1.48. The summed E-state index contributed by atoms with van der Waals surface area (Å²) < 4.78 is 6.42. The van der Waals surface area contributed by atoms with Crippen LogP contribution >= 0.6 is 11.6 Å². The average Bonchev–Trinajstić information content (AvgIpc) is 3.12. The lowest BCUT2D eigenvalue weighted by atomic mass is 9.89. The quantitative estimate of drug-likeness (QED) is 0.329. The van der Waals surface area contributed by atoms with Gasteiger partial charge in [0.15, 0.2) is 9.04 Å². The number of nitrogens with zero attached hydrogens (tertiary/aromatic N) is 3. The minimum Gasteiger partial charge on any atom is -0.417 e. The highest BCUT2D eigenvalue weighted by Crippen LogP contribution is 2.46. The number of hydrogen-bond donors (Lipinski definition) is 1. The highest BCUT2D eigenvalue weighted by atomic mass is 35.5. The normalized spacial score (nSPS) is 14.3. The molecule has 2 unspecified atom stereocenters. The van der Waals surface area contributed by atoms with Crippen LogP contribution in [-0.4, -0.2) is 41.9 Å². The predicted molar refractivity (Wildman–Crippen MR) is 129 cm³/mol. The van der Waals surface area contributed by atoms with Crippen LogP contribution in [0.15, 0.2) is 18.2 Å². The molecule has 0 radical (unpaired) electrons. The highest BCUT2D eigenvalue weighted by molar-refractivity contribution is 6.54. The molecule has 0 aliphatic carbocycles. The van der Waals surface area contributed by atoms with Gasteiger partial charge in [0, 0.05) is 5.02 Å². The van der Waals surface area contributed by atoms with Crippen LogP contribution in [0.25, 0.3) is 11.0 Å². The Balaban J connectivity index is 1.99. The largest absolute Gasteiger partial charge is 0.417 e. The van der Waals surface area contributed by atoms with Gasteiger partial charge < -0.3 is 9.53 Å². The summed E-state index contributed by atoms with van der Waals surface area (Å²) in [5.74, 6) is 0. The number of rotatable bonds is 15. The van der Waals surface area contributed by atoms with Gasteiger partial charge in [-0.15, -0.1) is 0 Å². The molecule has 0 aliphatic heterocycles. The fraction of sp³-hybridized carbons (Fsp3) is 0.739. The molecular weight excluding hydrogens is 414 g/mol. The number of halogens is 1. The van der Waals surface area contributed by atoms with Gasteiger partial charge in [-0.25, -0.2) is 0 Å². The standard InChI is InChI=1S/C23H40ClN3O2Si/c1-5-8-13-23(14-9-6-2,15-10-7-3)30(4)29-18-20(28)17-27-25-21-12-11-19(24)16-22(21)26-27/h11-12,16,20,28,30H,5-10,13-15,17-18H2,1-4H3. The van der Waals surface area contributed by atoms with Gasteiger partial charge in [0.25, 0.3) is 0 Å². The van der Waals surface area contributed by atoms with E-state index in [1.807, 2.05) is 6.07 Å². The average molecular weight is 454 g/mol. The summed E-state index contributed by atoms with van der Waals surface area (Å²) in [5, 5.41) is 20.4. The van der Waals surface area contributed by atoms with Crippen molar-refractivity contribution in [2.75, 3.05) is 6.61 Å². The van der Waals surface area contributed by atoms with Crippen LogP contribution in [0.2, 0.25) is 16.6 Å². The molecule has 1 N–H and O–H groups in total. The van der Waals surface area contributed by atoms with Crippen molar-refractivity contribution in [2.45, 2.75) is 103 Å². The summed E-state index contributed by atoms with van der Waals surface area (Å²) in [6, 6.07) is 5.45. The van der Waals surface area contributed by atoms with Gasteiger partial charge in [-0.05, 0) is 49.0 Å². The number of benzene rings is 1. The van der Waals surface area contributed by atoms with E-state index in [2.05, 4.69) is 37.5 Å². The second kappa shape index (κ2) is 12.8. The first-order chi connectivity index (χ1) is 14.4. The summed E-state index contributed by atoms with van der Waals surface area (Å²) in [6.45, 7) is 9.86. The number of unbranched alkanes of at least 4 members (excludes halogenated alkanes) is 3. The highest BCUT2D eigenvalue weighted by Gasteiger charge is 2.37. The number of aromatic nitrogens is 3. The fourth-order valence-electron chi connectivity index (χ4n) is 4.26. The van der Waals surface area contributed by atoms with E-state index in [9.17, 15) is 5.11 Å². The minimum absolute atomic E-state index is 0.333. The first-order valence-corrected chi connectivity index (χ1v) is 14.3. The molecule has 1 heterocycles. The second-order valence-corrected chi connectivity index (χ2v) is 12.0. The van der Waals surface area contributed by atoms with E-state index in [4.69, 9.17) is 16.0 Å². The lowest BCUT2D eigenvalue weighted by Gasteiger charge is -2.39. The Hall–Kier alpha value is -0.953. The Morgan fingerprint density at radius 1 is 1.03 bits per heavy atom. The van der Waals surface area contributed by atoms with E-state index >= 15 is 0 Å². The number of hydrogen-bond acceptors (Lipinski definition) is 4. The van der Waals surface area contributed by atoms with Crippen molar-refractivity contribution >= 4 is 31.7 Å². The molecular formula is C23H40ClN3O2Si. The van der Waals surface area contributed by atoms with E-state index in [1.54, 1.807) is 16.9 Å². The topological polar surface area (TPSA) is 60.2 Å². The molecule has 30 heavy (non-hydrogen) atoms. The molecule has 0 saturated carbocycles. The first kappa shape index (κ1) is 25.3. The van der Waals surface area contributed by atoms with Crippen molar-refractivity contribution in [1.82, 2.24) is 15.0 Å². The Labute approximate surface area is 188 Å². The maximum atomic E-state index is 10.6. The Bertz CT molecular complexity index is 733. The Morgan fingerprint density at radius 3 is 2.17 bits per heavy atom. The van der Waals surface area contributed by atoms with Crippen LogP contribution in [0.3, 0.4) is 0 Å². The number of aliphatic hydroxyl groups is 1. The molecule has 0 fully saturated rings. The molecule has 0 saturated heterocycles. The van der Waals surface area contributed by atoms with Crippen molar-refractivity contribution in [1.29, 1.82) is 0 Å². The molecule has 0 spiro atoms. The second-order valence-electron chi connectivity index (χ2n) is 8.69. The lowest BCUT2D eigenvalue weighted by Crippen LogP contribution is -2.36. The molecule has 0 bridgehead atoms. The van der Waals surface area contributed by atoms with Crippen LogP contribution in [-0.2, 0) is 11.0 Å². The van der Waals surface area contributed by atoms with Crippen molar-refractivity contribution in [3.8, 4) is 0 Å². The lowest BCUT2D eigenvalue weighted by molar-refractivity contribution is 0.0809. The smallest absolute Gasteiger partial charge is 0.180 e. The van der Waals surface area contributed by atoms with E-state index < -0.39 is 15.1 Å². The molecule has 170 valence electrons. The molecule has 2 atom stereocenters. The zero-order valence-corrected chi connectivity index (χ0v) is 21.2. The first-order valence-electron chi connectivity index (χ1n) is 11.7. The number of aliphatic hydroxyl groups excluding tert-OH is 1. The van der Waals surface area contributed by atoms with Gasteiger partial charge in [-0.3, -0.25) is 0 Å². The van der Waals surface area contributed by atoms with Crippen molar-refractivity contribution in [2.24, 2.45) is 0 Å². The monoisotopic (exact) mass is 453 g/mol. The summed E-state index contributed by atoms with van der Waals surface area (Å²) >= 11 is 6.03. The maximum Gasteiger partial charge on any atom is 0.180 e. The van der Waals surface area contributed by atoms with E-state index in [-0.39, 0.29) is 0 Å². The molecule has 1 aromatic carbocycles. The van der Waals surface area contributed by atoms with Gasteiger partial charge in [-0.1, -0.05) is 70.9 Å². The van der Waals surface area contributed by atoms with Crippen LogP contribution in [0, 0.1) is 0 Å². The van der Waals surface area contributed by atoms with Gasteiger partial charge in [-0.2, -0.15) is 15.0 Å². The molecule has 7 heteroatoms. The van der Waals surface area contributed by atoms with Gasteiger partial charge in [0.05, 0.1) is 19.3 Å². The third-order valence-corrected chi connectivity index (χ3v) is 9.76. The number of fused-ring (bicyclic) bond motifs is 1. The Morgan fingerprint density at radius 2 is 1.60 bits per heavy atom. The third-order valence-electron chi connectivity index (χ3n) is 6.24. The van der Waals surface area contributed by atoms with Crippen LogP contribution < -0.4 is 0 Å². The molecule has 0 aliphatic rings. The summed E-state index contributed by atoms with van der Waals surface area (Å²) in [5.41, 5.74) is 1.53.